The lowest BCUT2D eigenvalue weighted by Crippen LogP contribution is -2.30. The molecule has 1 aliphatic heterocycles. The molecule has 14 heavy (non-hydrogen) atoms. The molecule has 1 saturated heterocycles. The van der Waals surface area contributed by atoms with Gasteiger partial charge in [0.05, 0.1) is 7.11 Å². The summed E-state index contributed by atoms with van der Waals surface area (Å²) in [5, 5.41) is 0. The highest BCUT2D eigenvalue weighted by atomic mass is 16.6. The zero-order chi connectivity index (χ0) is 10.1. The molecular weight excluding hydrogens is 184 g/mol. The number of methoxy groups -OCH3 is 1. The van der Waals surface area contributed by atoms with Crippen LogP contribution in [0.15, 0.2) is 0 Å². The highest BCUT2D eigenvalue weighted by Crippen LogP contribution is 2.39. The maximum absolute atomic E-state index is 11.4. The maximum atomic E-state index is 11.4. The van der Waals surface area contributed by atoms with Gasteiger partial charge in [0.2, 0.25) is 0 Å². The third-order valence-electron chi connectivity index (χ3n) is 3.16. The summed E-state index contributed by atoms with van der Waals surface area (Å²) < 4.78 is 9.77. The molecule has 0 N–H and O–H groups in total. The maximum Gasteiger partial charge on any atom is 0.321 e. The van der Waals surface area contributed by atoms with Crippen molar-refractivity contribution in [2.75, 3.05) is 7.11 Å². The molecule has 0 radical (unpaired) electrons. The van der Waals surface area contributed by atoms with Crippen LogP contribution in [0.5, 0.6) is 0 Å². The minimum atomic E-state index is -0.662. The Morgan fingerprint density at radius 1 is 1.43 bits per heavy atom. The Bertz CT molecular complexity index is 261. The lowest BCUT2D eigenvalue weighted by Gasteiger charge is -2.24. The third kappa shape index (κ3) is 1.38. The standard InChI is InChI=1S/C10H14O4/c1-13-9(11)8-6-4-2-3-5-7(6)14-10(8)12/h6-8H,2-5H2,1H3/t6-,7-,8-/m1/s1. The van der Waals surface area contributed by atoms with E-state index in [2.05, 4.69) is 4.74 Å². The summed E-state index contributed by atoms with van der Waals surface area (Å²) in [6, 6.07) is 0. The van der Waals surface area contributed by atoms with Crippen LogP contribution in [0.3, 0.4) is 0 Å². The number of hydrogen-bond donors (Lipinski definition) is 0. The van der Waals surface area contributed by atoms with Crippen molar-refractivity contribution < 1.29 is 19.1 Å². The Hall–Kier alpha value is -1.06. The van der Waals surface area contributed by atoms with E-state index in [0.717, 1.165) is 25.7 Å². The zero-order valence-electron chi connectivity index (χ0n) is 8.19. The molecular formula is C10H14O4. The van der Waals surface area contributed by atoms with Crippen molar-refractivity contribution in [3.8, 4) is 0 Å². The largest absolute Gasteiger partial charge is 0.468 e. The first-order chi connectivity index (χ1) is 6.74. The van der Waals surface area contributed by atoms with Gasteiger partial charge in [0.1, 0.15) is 6.10 Å². The molecule has 1 aliphatic carbocycles. The highest BCUT2D eigenvalue weighted by Gasteiger charge is 2.49. The summed E-state index contributed by atoms with van der Waals surface area (Å²) in [6.07, 6.45) is 3.91. The van der Waals surface area contributed by atoms with E-state index in [0.29, 0.717) is 0 Å². The number of carbonyl (C=O) groups excluding carboxylic acids is 2. The summed E-state index contributed by atoms with van der Waals surface area (Å²) in [7, 11) is 1.31. The molecule has 78 valence electrons. The fourth-order valence-corrected chi connectivity index (χ4v) is 2.45. The number of carbonyl (C=O) groups is 2. The molecule has 4 heteroatoms. The van der Waals surface area contributed by atoms with Crippen molar-refractivity contribution >= 4 is 11.9 Å². The highest BCUT2D eigenvalue weighted by molar-refractivity contribution is 5.96. The minimum Gasteiger partial charge on any atom is -0.468 e. The smallest absolute Gasteiger partial charge is 0.321 e. The predicted molar refractivity (Wildman–Crippen MR) is 47.3 cm³/mol. The van der Waals surface area contributed by atoms with Crippen LogP contribution in [0.25, 0.3) is 0 Å². The molecule has 0 aromatic rings. The van der Waals surface area contributed by atoms with E-state index in [1.165, 1.54) is 7.11 Å². The Labute approximate surface area is 82.6 Å². The fraction of sp³-hybridized carbons (Fsp3) is 0.800. The monoisotopic (exact) mass is 198 g/mol. The van der Waals surface area contributed by atoms with Crippen molar-refractivity contribution in [2.24, 2.45) is 11.8 Å². The van der Waals surface area contributed by atoms with Crippen molar-refractivity contribution in [2.45, 2.75) is 31.8 Å². The first-order valence-electron chi connectivity index (χ1n) is 5.02. The van der Waals surface area contributed by atoms with Crippen LogP contribution >= 0.6 is 0 Å². The summed E-state index contributed by atoms with van der Waals surface area (Å²) in [5.74, 6) is -1.44. The molecule has 0 aromatic carbocycles. The summed E-state index contributed by atoms with van der Waals surface area (Å²) >= 11 is 0. The summed E-state index contributed by atoms with van der Waals surface area (Å²) in [6.45, 7) is 0. The molecule has 3 atom stereocenters. The Kier molecular flexibility index (Phi) is 2.44. The van der Waals surface area contributed by atoms with Crippen LogP contribution in [0, 0.1) is 11.8 Å². The molecule has 1 heterocycles. The molecule has 0 unspecified atom stereocenters. The van der Waals surface area contributed by atoms with Crippen molar-refractivity contribution in [3.63, 3.8) is 0 Å². The van der Waals surface area contributed by atoms with Crippen LogP contribution in [-0.2, 0) is 19.1 Å². The van der Waals surface area contributed by atoms with Gasteiger partial charge in [-0.3, -0.25) is 9.59 Å². The molecule has 4 nitrogen and oxygen atoms in total. The van der Waals surface area contributed by atoms with Gasteiger partial charge in [-0.2, -0.15) is 0 Å². The summed E-state index contributed by atoms with van der Waals surface area (Å²) in [5.41, 5.74) is 0. The van der Waals surface area contributed by atoms with E-state index in [9.17, 15) is 9.59 Å². The number of esters is 2. The van der Waals surface area contributed by atoms with E-state index in [1.807, 2.05) is 0 Å². The van der Waals surface area contributed by atoms with Crippen molar-refractivity contribution in [1.29, 1.82) is 0 Å². The first-order valence-corrected chi connectivity index (χ1v) is 5.02. The fourth-order valence-electron chi connectivity index (χ4n) is 2.45. The molecule has 0 bridgehead atoms. The van der Waals surface area contributed by atoms with Crippen LogP contribution in [-0.4, -0.2) is 25.2 Å². The van der Waals surface area contributed by atoms with Gasteiger partial charge in [0, 0.05) is 5.92 Å². The SMILES string of the molecule is COC(=O)[C@@H]1C(=O)O[C@@H]2CCCC[C@@H]12. The van der Waals surface area contributed by atoms with E-state index in [4.69, 9.17) is 4.74 Å². The molecule has 2 aliphatic rings. The molecule has 0 spiro atoms. The van der Waals surface area contributed by atoms with Crippen LogP contribution in [0.4, 0.5) is 0 Å². The van der Waals surface area contributed by atoms with Gasteiger partial charge in [0.15, 0.2) is 5.92 Å². The van der Waals surface area contributed by atoms with Gasteiger partial charge >= 0.3 is 11.9 Å². The van der Waals surface area contributed by atoms with Gasteiger partial charge in [-0.25, -0.2) is 0 Å². The quantitative estimate of drug-likeness (QED) is 0.464. The lowest BCUT2D eigenvalue weighted by molar-refractivity contribution is -0.155. The van der Waals surface area contributed by atoms with Crippen molar-refractivity contribution in [3.05, 3.63) is 0 Å². The van der Waals surface area contributed by atoms with Crippen molar-refractivity contribution in [1.82, 2.24) is 0 Å². The molecule has 2 fully saturated rings. The number of fused-ring (bicyclic) bond motifs is 1. The minimum absolute atomic E-state index is 0.0413. The molecule has 0 amide bonds. The molecule has 1 saturated carbocycles. The van der Waals surface area contributed by atoms with Gasteiger partial charge in [-0.1, -0.05) is 6.42 Å². The second kappa shape index (κ2) is 3.59. The van der Waals surface area contributed by atoms with E-state index in [-0.39, 0.29) is 12.0 Å². The van der Waals surface area contributed by atoms with E-state index < -0.39 is 17.9 Å². The Morgan fingerprint density at radius 3 is 2.86 bits per heavy atom. The van der Waals surface area contributed by atoms with Gasteiger partial charge < -0.3 is 9.47 Å². The molecule has 2 rings (SSSR count). The first kappa shape index (κ1) is 9.49. The zero-order valence-corrected chi connectivity index (χ0v) is 8.19. The van der Waals surface area contributed by atoms with Crippen LogP contribution in [0.1, 0.15) is 25.7 Å². The lowest BCUT2D eigenvalue weighted by atomic mass is 9.80. The normalized spacial score (nSPS) is 36.1. The molecule has 0 aromatic heterocycles. The van der Waals surface area contributed by atoms with Crippen LogP contribution < -0.4 is 0 Å². The third-order valence-corrected chi connectivity index (χ3v) is 3.16. The summed E-state index contributed by atoms with van der Waals surface area (Å²) in [4.78, 5) is 22.8. The Morgan fingerprint density at radius 2 is 2.14 bits per heavy atom. The van der Waals surface area contributed by atoms with E-state index in [1.54, 1.807) is 0 Å². The number of hydrogen-bond acceptors (Lipinski definition) is 4. The van der Waals surface area contributed by atoms with Gasteiger partial charge in [-0.15, -0.1) is 0 Å². The predicted octanol–water partition coefficient (Wildman–Crippen LogP) is 0.891. The topological polar surface area (TPSA) is 52.6 Å². The van der Waals surface area contributed by atoms with E-state index >= 15 is 0 Å². The average Bonchev–Trinajstić information content (AvgIpc) is 2.53. The van der Waals surface area contributed by atoms with Gasteiger partial charge in [-0.05, 0) is 19.3 Å². The number of ether oxygens (including phenoxy) is 2. The van der Waals surface area contributed by atoms with Gasteiger partial charge in [0.25, 0.3) is 0 Å². The second-order valence-electron chi connectivity index (χ2n) is 3.92. The van der Waals surface area contributed by atoms with Crippen LogP contribution in [0.2, 0.25) is 0 Å². The average molecular weight is 198 g/mol. The Balaban J connectivity index is 2.15. The second-order valence-corrected chi connectivity index (χ2v) is 3.92. The number of rotatable bonds is 1.